The van der Waals surface area contributed by atoms with E-state index in [1.165, 1.54) is 0 Å². The molecule has 3 aromatic rings. The molecule has 8 nitrogen and oxygen atoms in total. The lowest BCUT2D eigenvalue weighted by molar-refractivity contribution is -0.140. The summed E-state index contributed by atoms with van der Waals surface area (Å²) in [5.41, 5.74) is 8.90. The van der Waals surface area contributed by atoms with Gasteiger partial charge in [0.25, 0.3) is 0 Å². The molecule has 0 fully saturated rings. The van der Waals surface area contributed by atoms with E-state index in [0.717, 1.165) is 21.2 Å². The third-order valence-electron chi connectivity index (χ3n) is 5.09. The van der Waals surface area contributed by atoms with Crippen LogP contribution in [-0.2, 0) is 17.9 Å². The van der Waals surface area contributed by atoms with Crippen LogP contribution in [0.25, 0.3) is 11.1 Å². The van der Waals surface area contributed by atoms with Crippen LogP contribution in [0.1, 0.15) is 11.1 Å². The lowest BCUT2D eigenvalue weighted by atomic mass is 10.0. The van der Waals surface area contributed by atoms with Gasteiger partial charge < -0.3 is 30.5 Å². The largest absolute Gasteiger partial charge is 0.489 e. The summed E-state index contributed by atoms with van der Waals surface area (Å²) in [5.74, 6) is -0.548. The number of nitrogens with one attached hydrogen (secondary N) is 1. The summed E-state index contributed by atoms with van der Waals surface area (Å²) >= 11 is 10.1. The SMILES string of the molecule is NC(O)COc1cc(OCc2cccc(-c3ccccc3)c2Br)c(Cl)cc1CN[C@@H](CO)C(=O)O. The zero-order chi connectivity index (χ0) is 25.4. The van der Waals surface area contributed by atoms with Gasteiger partial charge in [0.05, 0.1) is 11.6 Å². The zero-order valence-electron chi connectivity index (χ0n) is 18.7. The summed E-state index contributed by atoms with van der Waals surface area (Å²) in [6.07, 6.45) is -1.21. The number of aliphatic hydroxyl groups is 2. The predicted octanol–water partition coefficient (Wildman–Crippen LogP) is 3.54. The number of benzene rings is 3. The number of carboxylic acids is 1. The van der Waals surface area contributed by atoms with E-state index in [1.807, 2.05) is 48.5 Å². The van der Waals surface area contributed by atoms with Crippen molar-refractivity contribution in [3.63, 3.8) is 0 Å². The van der Waals surface area contributed by atoms with Crippen LogP contribution in [0.4, 0.5) is 0 Å². The maximum Gasteiger partial charge on any atom is 0.323 e. The van der Waals surface area contributed by atoms with E-state index in [-0.39, 0.29) is 24.8 Å². The van der Waals surface area contributed by atoms with Gasteiger partial charge in [0, 0.05) is 28.2 Å². The number of nitrogens with two attached hydrogens (primary N) is 1. The van der Waals surface area contributed by atoms with Gasteiger partial charge in [-0.15, -0.1) is 0 Å². The molecule has 6 N–H and O–H groups in total. The van der Waals surface area contributed by atoms with Crippen molar-refractivity contribution in [3.8, 4) is 22.6 Å². The average molecular weight is 566 g/mol. The van der Waals surface area contributed by atoms with Gasteiger partial charge in [0.1, 0.15) is 37.0 Å². The smallest absolute Gasteiger partial charge is 0.323 e. The van der Waals surface area contributed by atoms with Gasteiger partial charge in [0.2, 0.25) is 0 Å². The minimum atomic E-state index is -1.21. The Labute approximate surface area is 216 Å². The topological polar surface area (TPSA) is 134 Å². The number of ether oxygens (including phenoxy) is 2. The van der Waals surface area contributed by atoms with Crippen LogP contribution in [0.5, 0.6) is 11.5 Å². The summed E-state index contributed by atoms with van der Waals surface area (Å²) in [4.78, 5) is 11.2. The first-order chi connectivity index (χ1) is 16.8. The van der Waals surface area contributed by atoms with Gasteiger partial charge in [-0.2, -0.15) is 0 Å². The van der Waals surface area contributed by atoms with Crippen molar-refractivity contribution in [2.24, 2.45) is 5.73 Å². The lowest BCUT2D eigenvalue weighted by Crippen LogP contribution is -2.39. The Morgan fingerprint density at radius 3 is 2.46 bits per heavy atom. The number of aliphatic hydroxyl groups excluding tert-OH is 2. The van der Waals surface area contributed by atoms with Crippen LogP contribution in [-0.4, -0.2) is 46.8 Å². The number of halogens is 2. The van der Waals surface area contributed by atoms with Crippen molar-refractivity contribution in [3.05, 3.63) is 81.3 Å². The Morgan fingerprint density at radius 1 is 1.06 bits per heavy atom. The molecule has 10 heteroatoms. The van der Waals surface area contributed by atoms with E-state index in [4.69, 9.17) is 31.9 Å². The fourth-order valence-electron chi connectivity index (χ4n) is 3.28. The Kier molecular flexibility index (Phi) is 9.91. The molecule has 0 saturated carbocycles. The maximum atomic E-state index is 11.2. The van der Waals surface area contributed by atoms with Gasteiger partial charge >= 0.3 is 5.97 Å². The zero-order valence-corrected chi connectivity index (χ0v) is 21.0. The van der Waals surface area contributed by atoms with Crippen molar-refractivity contribution in [2.75, 3.05) is 13.2 Å². The van der Waals surface area contributed by atoms with E-state index in [1.54, 1.807) is 12.1 Å². The van der Waals surface area contributed by atoms with Crippen LogP contribution in [0.2, 0.25) is 5.02 Å². The molecule has 0 spiro atoms. The van der Waals surface area contributed by atoms with Crippen LogP contribution < -0.4 is 20.5 Å². The van der Waals surface area contributed by atoms with Crippen molar-refractivity contribution in [1.82, 2.24) is 5.32 Å². The van der Waals surface area contributed by atoms with E-state index >= 15 is 0 Å². The Hall–Kier alpha value is -2.66. The van der Waals surface area contributed by atoms with Gasteiger partial charge in [-0.3, -0.25) is 10.1 Å². The van der Waals surface area contributed by atoms with Crippen molar-refractivity contribution >= 4 is 33.5 Å². The maximum absolute atomic E-state index is 11.2. The average Bonchev–Trinajstić information content (AvgIpc) is 2.84. The molecule has 0 heterocycles. The van der Waals surface area contributed by atoms with Gasteiger partial charge in [-0.05, 0) is 33.1 Å². The van der Waals surface area contributed by atoms with Crippen LogP contribution >= 0.6 is 27.5 Å². The quantitative estimate of drug-likeness (QED) is 0.211. The Morgan fingerprint density at radius 2 is 1.80 bits per heavy atom. The second kappa shape index (κ2) is 12.9. The fraction of sp³-hybridized carbons (Fsp3) is 0.240. The van der Waals surface area contributed by atoms with Gasteiger partial charge in [-0.1, -0.05) is 60.1 Å². The Bertz CT molecular complexity index is 1150. The molecule has 0 saturated heterocycles. The second-order valence-electron chi connectivity index (χ2n) is 7.66. The Balaban J connectivity index is 1.82. The number of carboxylic acid groups (broad SMARTS) is 1. The highest BCUT2D eigenvalue weighted by Gasteiger charge is 2.18. The summed E-state index contributed by atoms with van der Waals surface area (Å²) in [6.45, 7) is -0.526. The number of hydrogen-bond acceptors (Lipinski definition) is 7. The van der Waals surface area contributed by atoms with Crippen LogP contribution in [0, 0.1) is 0 Å². The van der Waals surface area contributed by atoms with Crippen molar-refractivity contribution < 1.29 is 29.6 Å². The molecule has 1 unspecified atom stereocenters. The molecule has 2 atom stereocenters. The highest BCUT2D eigenvalue weighted by atomic mass is 79.9. The van der Waals surface area contributed by atoms with E-state index in [2.05, 4.69) is 21.2 Å². The lowest BCUT2D eigenvalue weighted by Gasteiger charge is -2.18. The second-order valence-corrected chi connectivity index (χ2v) is 8.86. The first-order valence-corrected chi connectivity index (χ1v) is 11.9. The number of carbonyl (C=O) groups is 1. The normalized spacial score (nSPS) is 12.7. The van der Waals surface area contributed by atoms with Crippen molar-refractivity contribution in [1.29, 1.82) is 0 Å². The number of hydrogen-bond donors (Lipinski definition) is 5. The third kappa shape index (κ3) is 7.41. The highest BCUT2D eigenvalue weighted by molar-refractivity contribution is 9.10. The molecule has 186 valence electrons. The standard InChI is InChI=1S/C25H26BrClN2O6/c26-24-16(7-4-8-18(24)15-5-2-1-3-6-15)13-34-22-10-21(35-14-23(28)31)17(9-19(22)27)11-29-20(12-30)25(32)33/h1-10,20,23,29-31H,11-14,28H2,(H,32,33)/t20-,23?/m0/s1. The molecule has 3 rings (SSSR count). The van der Waals surface area contributed by atoms with Crippen LogP contribution in [0.15, 0.2) is 65.1 Å². The predicted molar refractivity (Wildman–Crippen MR) is 136 cm³/mol. The van der Waals surface area contributed by atoms with E-state index < -0.39 is 24.8 Å². The molecular weight excluding hydrogens is 540 g/mol. The molecule has 0 aliphatic heterocycles. The third-order valence-corrected chi connectivity index (χ3v) is 6.32. The molecule has 0 radical (unpaired) electrons. The monoisotopic (exact) mass is 564 g/mol. The molecule has 0 bridgehead atoms. The molecule has 0 amide bonds. The highest BCUT2D eigenvalue weighted by Crippen LogP contribution is 2.35. The molecular formula is C25H26BrClN2O6. The molecule has 0 aromatic heterocycles. The van der Waals surface area contributed by atoms with E-state index in [0.29, 0.717) is 17.1 Å². The fourth-order valence-corrected chi connectivity index (χ4v) is 4.13. The minimum absolute atomic E-state index is 0.0399. The van der Waals surface area contributed by atoms with Gasteiger partial charge in [-0.25, -0.2) is 0 Å². The number of aliphatic carboxylic acids is 1. The molecule has 35 heavy (non-hydrogen) atoms. The van der Waals surface area contributed by atoms with Gasteiger partial charge in [0.15, 0.2) is 0 Å². The van der Waals surface area contributed by atoms with E-state index in [9.17, 15) is 15.0 Å². The first kappa shape index (κ1) is 26.9. The summed E-state index contributed by atoms with van der Waals surface area (Å²) in [6, 6.07) is 17.8. The summed E-state index contributed by atoms with van der Waals surface area (Å²) in [7, 11) is 0. The minimum Gasteiger partial charge on any atom is -0.489 e. The van der Waals surface area contributed by atoms with Crippen LogP contribution in [0.3, 0.4) is 0 Å². The molecule has 0 aliphatic carbocycles. The molecule has 0 aliphatic rings. The number of rotatable bonds is 12. The molecule has 3 aromatic carbocycles. The van der Waals surface area contributed by atoms with Crippen molar-refractivity contribution in [2.45, 2.75) is 25.4 Å². The first-order valence-electron chi connectivity index (χ1n) is 10.7. The summed E-state index contributed by atoms with van der Waals surface area (Å²) < 4.78 is 12.5. The summed E-state index contributed by atoms with van der Waals surface area (Å²) in [5, 5.41) is 30.8.